The average molecular weight is 535 g/mol. The van der Waals surface area contributed by atoms with E-state index in [9.17, 15) is 12.8 Å². The number of anilines is 1. The Labute approximate surface area is 217 Å². The molecule has 36 heavy (non-hydrogen) atoms. The molecule has 4 rings (SSSR count). The number of hydrogen-bond acceptors (Lipinski definition) is 7. The van der Waals surface area contributed by atoms with Gasteiger partial charge in [-0.25, -0.2) is 17.5 Å². The zero-order chi connectivity index (χ0) is 26.1. The minimum atomic E-state index is -3.35. The van der Waals surface area contributed by atoms with Gasteiger partial charge in [0, 0.05) is 43.5 Å². The van der Waals surface area contributed by atoms with Gasteiger partial charge in [-0.3, -0.25) is 9.88 Å². The number of hydrogen-bond donors (Lipinski definition) is 0. The normalized spacial score (nSPS) is 15.4. The Hall–Kier alpha value is -2.56. The van der Waals surface area contributed by atoms with Crippen molar-refractivity contribution in [2.24, 2.45) is 0 Å². The smallest absolute Gasteiger partial charge is 0.154 e. The second kappa shape index (κ2) is 10.4. The summed E-state index contributed by atoms with van der Waals surface area (Å²) in [4.78, 5) is 9.15. The van der Waals surface area contributed by atoms with Gasteiger partial charge in [0.05, 0.1) is 34.6 Å². The SMILES string of the molecule is CCCS(=O)(=O)Cc1ccc(F)c(-n2cc(-c3cncc(N4CCN(C(C)(C)C)CC4)c3)nn2)c1Cl. The monoisotopic (exact) mass is 534 g/mol. The molecule has 1 aliphatic heterocycles. The third kappa shape index (κ3) is 5.87. The summed E-state index contributed by atoms with van der Waals surface area (Å²) < 4.78 is 40.6. The van der Waals surface area contributed by atoms with Crippen molar-refractivity contribution in [1.29, 1.82) is 0 Å². The first-order valence-corrected chi connectivity index (χ1v) is 14.2. The van der Waals surface area contributed by atoms with Crippen LogP contribution in [0, 0.1) is 5.82 Å². The van der Waals surface area contributed by atoms with Crippen LogP contribution in [-0.2, 0) is 15.6 Å². The van der Waals surface area contributed by atoms with E-state index in [2.05, 4.69) is 45.9 Å². The van der Waals surface area contributed by atoms with Crippen LogP contribution in [0.1, 0.15) is 39.7 Å². The molecule has 0 spiro atoms. The summed E-state index contributed by atoms with van der Waals surface area (Å²) >= 11 is 6.46. The van der Waals surface area contributed by atoms with Crippen molar-refractivity contribution in [3.05, 3.63) is 53.2 Å². The van der Waals surface area contributed by atoms with Crippen LogP contribution < -0.4 is 4.90 Å². The zero-order valence-corrected chi connectivity index (χ0v) is 22.7. The van der Waals surface area contributed by atoms with Crippen molar-refractivity contribution >= 4 is 27.1 Å². The number of benzene rings is 1. The molecule has 1 aliphatic rings. The number of sulfone groups is 1. The van der Waals surface area contributed by atoms with E-state index in [-0.39, 0.29) is 27.8 Å². The highest BCUT2D eigenvalue weighted by Crippen LogP contribution is 2.30. The molecule has 0 N–H and O–H groups in total. The quantitative estimate of drug-likeness (QED) is 0.445. The van der Waals surface area contributed by atoms with Crippen LogP contribution in [-0.4, -0.2) is 70.8 Å². The van der Waals surface area contributed by atoms with Crippen LogP contribution in [0.2, 0.25) is 5.02 Å². The van der Waals surface area contributed by atoms with E-state index in [1.165, 1.54) is 16.8 Å². The maximum Gasteiger partial charge on any atom is 0.154 e. The van der Waals surface area contributed by atoms with Gasteiger partial charge in [-0.15, -0.1) is 5.10 Å². The molecule has 1 saturated heterocycles. The fourth-order valence-electron chi connectivity index (χ4n) is 4.41. The molecule has 3 heterocycles. The van der Waals surface area contributed by atoms with Gasteiger partial charge in [-0.05, 0) is 44.9 Å². The van der Waals surface area contributed by atoms with E-state index in [1.807, 2.05) is 12.3 Å². The van der Waals surface area contributed by atoms with E-state index in [0.29, 0.717) is 17.7 Å². The van der Waals surface area contributed by atoms with Gasteiger partial charge in [0.2, 0.25) is 0 Å². The molecule has 0 amide bonds. The Bertz CT molecular complexity index is 1330. The van der Waals surface area contributed by atoms with E-state index < -0.39 is 15.7 Å². The van der Waals surface area contributed by atoms with E-state index in [1.54, 1.807) is 19.3 Å². The molecule has 0 saturated carbocycles. The molecule has 11 heteroatoms. The molecule has 1 aromatic carbocycles. The molecule has 0 aliphatic carbocycles. The number of rotatable bonds is 7. The lowest BCUT2D eigenvalue weighted by molar-refractivity contribution is 0.128. The first kappa shape index (κ1) is 26.5. The predicted octanol–water partition coefficient (Wildman–Crippen LogP) is 4.37. The van der Waals surface area contributed by atoms with Gasteiger partial charge in [-0.1, -0.05) is 29.8 Å². The van der Waals surface area contributed by atoms with Gasteiger partial charge in [-0.2, -0.15) is 0 Å². The minimum Gasteiger partial charge on any atom is -0.368 e. The third-order valence-electron chi connectivity index (χ3n) is 6.37. The lowest BCUT2D eigenvalue weighted by Crippen LogP contribution is -2.53. The second-order valence-electron chi connectivity index (χ2n) is 10.1. The van der Waals surface area contributed by atoms with Gasteiger partial charge in [0.15, 0.2) is 9.84 Å². The first-order valence-electron chi connectivity index (χ1n) is 12.0. The van der Waals surface area contributed by atoms with Crippen molar-refractivity contribution < 1.29 is 12.8 Å². The highest BCUT2D eigenvalue weighted by Gasteiger charge is 2.26. The summed E-state index contributed by atoms with van der Waals surface area (Å²) in [5.74, 6) is -0.835. The Kier molecular flexibility index (Phi) is 7.68. The summed E-state index contributed by atoms with van der Waals surface area (Å²) in [6, 6.07) is 4.61. The molecule has 0 radical (unpaired) electrons. The maximum atomic E-state index is 14.8. The van der Waals surface area contributed by atoms with Crippen molar-refractivity contribution in [1.82, 2.24) is 24.9 Å². The van der Waals surface area contributed by atoms with Crippen LogP contribution in [0.25, 0.3) is 16.9 Å². The first-order chi connectivity index (χ1) is 17.0. The molecule has 8 nitrogen and oxygen atoms in total. The Balaban J connectivity index is 1.58. The lowest BCUT2D eigenvalue weighted by Gasteiger charge is -2.43. The second-order valence-corrected chi connectivity index (χ2v) is 12.6. The molecule has 194 valence electrons. The lowest BCUT2D eigenvalue weighted by atomic mass is 10.0. The summed E-state index contributed by atoms with van der Waals surface area (Å²) in [6.07, 6.45) is 5.60. The number of nitrogens with zero attached hydrogens (tertiary/aromatic N) is 6. The van der Waals surface area contributed by atoms with Crippen LogP contribution in [0.15, 0.2) is 36.8 Å². The highest BCUT2D eigenvalue weighted by atomic mass is 35.5. The van der Waals surface area contributed by atoms with Crippen molar-refractivity contribution in [2.45, 2.75) is 45.4 Å². The molecule has 1 fully saturated rings. The van der Waals surface area contributed by atoms with E-state index in [0.717, 1.165) is 37.4 Å². The van der Waals surface area contributed by atoms with Crippen LogP contribution in [0.4, 0.5) is 10.1 Å². The standard InChI is InChI=1S/C25H32ClFN6O2S/c1-5-12-36(34,35)17-18-6-7-21(27)24(23(18)26)33-16-22(29-30-33)19-13-20(15-28-14-19)31-8-10-32(11-9-31)25(2,3)4/h6-7,13-16H,5,8-12,17H2,1-4H3. The van der Waals surface area contributed by atoms with Gasteiger partial charge in [0.25, 0.3) is 0 Å². The van der Waals surface area contributed by atoms with Crippen LogP contribution in [0.5, 0.6) is 0 Å². The predicted molar refractivity (Wildman–Crippen MR) is 141 cm³/mol. The maximum absolute atomic E-state index is 14.8. The minimum absolute atomic E-state index is 0.00900. The molecular weight excluding hydrogens is 503 g/mol. The van der Waals surface area contributed by atoms with Crippen molar-refractivity contribution in [3.8, 4) is 16.9 Å². The number of pyridine rings is 1. The van der Waals surface area contributed by atoms with Crippen LogP contribution >= 0.6 is 11.6 Å². The summed E-state index contributed by atoms with van der Waals surface area (Å²) in [6.45, 7) is 12.2. The third-order valence-corrected chi connectivity index (χ3v) is 8.58. The number of aromatic nitrogens is 4. The molecular formula is C25H32ClFN6O2S. The van der Waals surface area contributed by atoms with Gasteiger partial charge in [0.1, 0.15) is 17.2 Å². The number of halogens is 2. The molecule has 0 unspecified atom stereocenters. The Morgan fingerprint density at radius 2 is 1.83 bits per heavy atom. The van der Waals surface area contributed by atoms with Crippen molar-refractivity contribution in [3.63, 3.8) is 0 Å². The Morgan fingerprint density at radius 1 is 1.11 bits per heavy atom. The summed E-state index contributed by atoms with van der Waals surface area (Å²) in [7, 11) is -3.35. The molecule has 0 atom stereocenters. The van der Waals surface area contributed by atoms with Crippen molar-refractivity contribution in [2.75, 3.05) is 36.8 Å². The van der Waals surface area contributed by atoms with Gasteiger partial charge >= 0.3 is 0 Å². The largest absolute Gasteiger partial charge is 0.368 e. The van der Waals surface area contributed by atoms with Crippen LogP contribution in [0.3, 0.4) is 0 Å². The summed E-state index contributed by atoms with van der Waals surface area (Å²) in [5.41, 5.74) is 2.69. The fraction of sp³-hybridized carbons (Fsp3) is 0.480. The topological polar surface area (TPSA) is 84.2 Å². The molecule has 3 aromatic rings. The highest BCUT2D eigenvalue weighted by molar-refractivity contribution is 7.90. The van der Waals surface area contributed by atoms with E-state index in [4.69, 9.17) is 11.6 Å². The average Bonchev–Trinajstić information content (AvgIpc) is 3.30. The number of piperazine rings is 1. The zero-order valence-electron chi connectivity index (χ0n) is 21.1. The fourth-order valence-corrected chi connectivity index (χ4v) is 6.27. The van der Waals surface area contributed by atoms with E-state index >= 15 is 0 Å². The van der Waals surface area contributed by atoms with Gasteiger partial charge < -0.3 is 4.90 Å². The Morgan fingerprint density at radius 3 is 2.50 bits per heavy atom. The molecule has 0 bridgehead atoms. The summed E-state index contributed by atoms with van der Waals surface area (Å²) in [5, 5.41) is 8.30. The molecule has 2 aromatic heterocycles.